The van der Waals surface area contributed by atoms with E-state index in [0.29, 0.717) is 19.4 Å². The molecule has 0 saturated carbocycles. The third kappa shape index (κ3) is 51.2. The van der Waals surface area contributed by atoms with E-state index in [-0.39, 0.29) is 25.2 Å². The lowest BCUT2D eigenvalue weighted by atomic mass is 10.1. The van der Waals surface area contributed by atoms with Gasteiger partial charge in [-0.15, -0.1) is 0 Å². The molecule has 0 rings (SSSR count). The fourth-order valence-electron chi connectivity index (χ4n) is 6.85. The molecule has 5 nitrogen and oxygen atoms in total. The molecule has 0 radical (unpaired) electrons. The van der Waals surface area contributed by atoms with Crippen molar-refractivity contribution in [1.29, 1.82) is 0 Å². The molecule has 0 fully saturated rings. The summed E-state index contributed by atoms with van der Waals surface area (Å²) in [7, 11) is 0. The Morgan fingerprint density at radius 3 is 1.20 bits per heavy atom. The van der Waals surface area contributed by atoms with Crippen LogP contribution in [0.5, 0.6) is 0 Å². The van der Waals surface area contributed by atoms with Crippen molar-refractivity contribution in [2.75, 3.05) is 19.8 Å². The summed E-state index contributed by atoms with van der Waals surface area (Å²) in [6, 6.07) is 0. The molecule has 0 aliphatic rings. The van der Waals surface area contributed by atoms with Gasteiger partial charge in [0, 0.05) is 19.4 Å². The smallest absolute Gasteiger partial charge is 0.306 e. The van der Waals surface area contributed by atoms with Crippen LogP contribution in [-0.2, 0) is 23.8 Å². The number of esters is 2. The Balaban J connectivity index is 4.41. The molecule has 364 valence electrons. The normalized spacial score (nSPS) is 13.1. The lowest BCUT2D eigenvalue weighted by Crippen LogP contribution is -2.30. The van der Waals surface area contributed by atoms with Crippen LogP contribution in [0.4, 0.5) is 0 Å². The second-order valence-corrected chi connectivity index (χ2v) is 17.0. The highest BCUT2D eigenvalue weighted by atomic mass is 16.6. The van der Waals surface area contributed by atoms with Crippen molar-refractivity contribution in [3.05, 3.63) is 109 Å². The van der Waals surface area contributed by atoms with Crippen LogP contribution in [0, 0.1) is 0 Å². The first-order chi connectivity index (χ1) is 31.6. The molecule has 0 spiro atoms. The maximum Gasteiger partial charge on any atom is 0.306 e. The number of rotatable bonds is 47. The van der Waals surface area contributed by atoms with Gasteiger partial charge in [0.2, 0.25) is 0 Å². The highest BCUT2D eigenvalue weighted by molar-refractivity contribution is 5.70. The molecule has 0 heterocycles. The van der Waals surface area contributed by atoms with E-state index in [4.69, 9.17) is 14.2 Å². The van der Waals surface area contributed by atoms with Crippen LogP contribution < -0.4 is 0 Å². The number of carbonyl (C=O) groups is 2. The Kier molecular flexibility index (Phi) is 51.0. The van der Waals surface area contributed by atoms with Gasteiger partial charge in [0.05, 0.1) is 6.61 Å². The largest absolute Gasteiger partial charge is 0.462 e. The molecular weight excluding hydrogens is 789 g/mol. The topological polar surface area (TPSA) is 61.8 Å². The lowest BCUT2D eigenvalue weighted by molar-refractivity contribution is -0.163. The fraction of sp³-hybridized carbons (Fsp3) is 0.661. The first-order valence-corrected chi connectivity index (χ1v) is 26.4. The number of carbonyl (C=O) groups excluding carboxylic acids is 2. The predicted octanol–water partition coefficient (Wildman–Crippen LogP) is 18.0. The Bertz CT molecular complexity index is 1280. The summed E-state index contributed by atoms with van der Waals surface area (Å²) in [4.78, 5) is 25.4. The maximum atomic E-state index is 12.8. The zero-order valence-corrected chi connectivity index (χ0v) is 41.8. The molecule has 0 amide bonds. The highest BCUT2D eigenvalue weighted by Gasteiger charge is 2.17. The first kappa shape index (κ1) is 60.6. The van der Waals surface area contributed by atoms with E-state index >= 15 is 0 Å². The molecule has 64 heavy (non-hydrogen) atoms. The van der Waals surface area contributed by atoms with Gasteiger partial charge in [-0.25, -0.2) is 0 Å². The molecule has 0 aliphatic heterocycles. The zero-order valence-electron chi connectivity index (χ0n) is 41.8. The molecule has 0 saturated heterocycles. The van der Waals surface area contributed by atoms with Crippen LogP contribution in [0.15, 0.2) is 109 Å². The second-order valence-electron chi connectivity index (χ2n) is 17.0. The molecule has 0 aromatic carbocycles. The van der Waals surface area contributed by atoms with Gasteiger partial charge in [-0.3, -0.25) is 9.59 Å². The molecule has 0 aliphatic carbocycles. The summed E-state index contributed by atoms with van der Waals surface area (Å²) >= 11 is 0. The summed E-state index contributed by atoms with van der Waals surface area (Å²) in [5.74, 6) is -0.460. The second kappa shape index (κ2) is 53.9. The summed E-state index contributed by atoms with van der Waals surface area (Å²) in [6.45, 7) is 7.47. The van der Waals surface area contributed by atoms with Crippen molar-refractivity contribution in [2.24, 2.45) is 0 Å². The predicted molar refractivity (Wildman–Crippen MR) is 279 cm³/mol. The van der Waals surface area contributed by atoms with Crippen molar-refractivity contribution in [1.82, 2.24) is 0 Å². The SMILES string of the molecule is CC/C=C\C/C=C\C/C=C\C/C=C\C/C=C\C/C=C\CCCOCC(COC(=O)CCCCCCC/C=C\CCCCCCCC)OC(=O)CCCCCCC/C=C\C/C=C\CCC. The Morgan fingerprint density at radius 1 is 0.359 bits per heavy atom. The van der Waals surface area contributed by atoms with Gasteiger partial charge in [-0.05, 0) is 116 Å². The summed E-state index contributed by atoms with van der Waals surface area (Å²) in [5, 5.41) is 0. The number of allylic oxidation sites excluding steroid dienone is 18. The molecule has 0 aromatic rings. The quantitative estimate of drug-likeness (QED) is 0.0346. The van der Waals surface area contributed by atoms with E-state index in [1.807, 2.05) is 0 Å². The minimum absolute atomic E-state index is 0.0463. The third-order valence-electron chi connectivity index (χ3n) is 10.7. The molecule has 5 heteroatoms. The number of unbranched alkanes of at least 4 members (excludes halogenated alkanes) is 18. The van der Waals surface area contributed by atoms with Crippen molar-refractivity contribution in [2.45, 2.75) is 232 Å². The molecule has 0 N–H and O–H groups in total. The fourth-order valence-corrected chi connectivity index (χ4v) is 6.85. The molecule has 0 bridgehead atoms. The van der Waals surface area contributed by atoms with Crippen molar-refractivity contribution >= 4 is 11.9 Å². The van der Waals surface area contributed by atoms with E-state index in [0.717, 1.165) is 116 Å². The average molecular weight is 887 g/mol. The third-order valence-corrected chi connectivity index (χ3v) is 10.7. The van der Waals surface area contributed by atoms with Crippen LogP contribution in [0.3, 0.4) is 0 Å². The van der Waals surface area contributed by atoms with E-state index < -0.39 is 6.10 Å². The van der Waals surface area contributed by atoms with Crippen molar-refractivity contribution < 1.29 is 23.8 Å². The number of hydrogen-bond acceptors (Lipinski definition) is 5. The van der Waals surface area contributed by atoms with Crippen molar-refractivity contribution in [3.8, 4) is 0 Å². The minimum Gasteiger partial charge on any atom is -0.462 e. The standard InChI is InChI=1S/C59H98O5/c1-4-7-10-13-16-19-22-25-27-28-29-30-31-33-36-39-42-45-48-51-54-62-55-57(64-59(61)53-50-47-44-41-38-34-24-21-18-15-12-9-6-3)56-63-58(60)52-49-46-43-40-37-35-32-26-23-20-17-14-11-8-5-2/h7,10,12,15-16,19,21,24-27,29-30,32-33,36,42,45,57H,4-6,8-9,11,13-14,17-18,20,22-23,28,31,34-35,37-41,43-44,46-56H2,1-3H3/b10-7-,15-12-,19-16-,24-21-,27-25-,30-29-,32-26-,36-33-,45-42-. The summed E-state index contributed by atoms with van der Waals surface area (Å²) in [6.07, 6.45) is 73.9. The van der Waals surface area contributed by atoms with Gasteiger partial charge < -0.3 is 14.2 Å². The van der Waals surface area contributed by atoms with Gasteiger partial charge in [-0.2, -0.15) is 0 Å². The van der Waals surface area contributed by atoms with Gasteiger partial charge in [0.1, 0.15) is 6.61 Å². The van der Waals surface area contributed by atoms with Crippen LogP contribution in [-0.4, -0.2) is 37.9 Å². The molecule has 1 unspecified atom stereocenters. The Morgan fingerprint density at radius 2 is 0.734 bits per heavy atom. The first-order valence-electron chi connectivity index (χ1n) is 26.4. The van der Waals surface area contributed by atoms with Gasteiger partial charge >= 0.3 is 11.9 Å². The average Bonchev–Trinajstić information content (AvgIpc) is 3.30. The number of hydrogen-bond donors (Lipinski definition) is 0. The highest BCUT2D eigenvalue weighted by Crippen LogP contribution is 2.13. The number of ether oxygens (including phenoxy) is 3. The van der Waals surface area contributed by atoms with Gasteiger partial charge in [0.15, 0.2) is 6.10 Å². The van der Waals surface area contributed by atoms with Crippen LogP contribution in [0.25, 0.3) is 0 Å². The minimum atomic E-state index is -0.583. The van der Waals surface area contributed by atoms with Gasteiger partial charge in [0.25, 0.3) is 0 Å². The van der Waals surface area contributed by atoms with E-state index in [2.05, 4.69) is 130 Å². The zero-order chi connectivity index (χ0) is 46.3. The van der Waals surface area contributed by atoms with Crippen molar-refractivity contribution in [3.63, 3.8) is 0 Å². The van der Waals surface area contributed by atoms with Crippen LogP contribution >= 0.6 is 0 Å². The van der Waals surface area contributed by atoms with E-state index in [1.54, 1.807) is 0 Å². The Hall–Kier alpha value is -3.44. The van der Waals surface area contributed by atoms with Gasteiger partial charge in [-0.1, -0.05) is 207 Å². The van der Waals surface area contributed by atoms with E-state index in [1.165, 1.54) is 77.0 Å². The molecule has 1 atom stereocenters. The maximum absolute atomic E-state index is 12.8. The lowest BCUT2D eigenvalue weighted by Gasteiger charge is -2.18. The van der Waals surface area contributed by atoms with E-state index in [9.17, 15) is 9.59 Å². The molecule has 0 aromatic heterocycles. The Labute approximate surface area is 395 Å². The summed E-state index contributed by atoms with van der Waals surface area (Å²) < 4.78 is 17.3. The molecular formula is C59H98O5. The summed E-state index contributed by atoms with van der Waals surface area (Å²) in [5.41, 5.74) is 0. The van der Waals surface area contributed by atoms with Crippen LogP contribution in [0.2, 0.25) is 0 Å². The van der Waals surface area contributed by atoms with Crippen LogP contribution in [0.1, 0.15) is 226 Å². The monoisotopic (exact) mass is 887 g/mol.